The normalized spacial score (nSPS) is 14.3. The highest BCUT2D eigenvalue weighted by Gasteiger charge is 2.35. The van der Waals surface area contributed by atoms with E-state index in [0.717, 1.165) is 29.7 Å². The van der Waals surface area contributed by atoms with Crippen molar-refractivity contribution in [1.82, 2.24) is 14.8 Å². The Morgan fingerprint density at radius 3 is 2.52 bits per heavy atom. The van der Waals surface area contributed by atoms with Gasteiger partial charge in [0, 0.05) is 11.4 Å². The summed E-state index contributed by atoms with van der Waals surface area (Å²) in [5.74, 6) is 0.955. The van der Waals surface area contributed by atoms with Crippen LogP contribution < -0.4 is 10.1 Å². The summed E-state index contributed by atoms with van der Waals surface area (Å²) in [4.78, 5) is 18.2. The summed E-state index contributed by atoms with van der Waals surface area (Å²) in [6.07, 6.45) is 4.54. The Morgan fingerprint density at radius 1 is 1.00 bits per heavy atom. The van der Waals surface area contributed by atoms with Gasteiger partial charge >= 0.3 is 5.97 Å². The number of carbonyl (C=O) groups excluding carboxylic acids is 1. The van der Waals surface area contributed by atoms with Gasteiger partial charge in [0.1, 0.15) is 24.2 Å². The number of nitrogens with one attached hydrogen (secondary N) is 1. The first-order valence-corrected chi connectivity index (χ1v) is 15.3. The van der Waals surface area contributed by atoms with Gasteiger partial charge in [-0.05, 0) is 48.2 Å². The van der Waals surface area contributed by atoms with E-state index in [4.69, 9.17) is 14.6 Å². The van der Waals surface area contributed by atoms with Gasteiger partial charge < -0.3 is 14.8 Å². The van der Waals surface area contributed by atoms with Crippen molar-refractivity contribution in [3.05, 3.63) is 113 Å². The number of anilines is 1. The minimum Gasteiger partial charge on any atom is -0.494 e. The molecule has 0 fully saturated rings. The number of unbranched alkanes of at least 4 members (excludes halogenated alkanes) is 3. The highest BCUT2D eigenvalue weighted by atomic mass is 32.2. The van der Waals surface area contributed by atoms with Gasteiger partial charge in [-0.3, -0.25) is 0 Å². The second kappa shape index (κ2) is 14.2. The standard InChI is InChI=1S/C33H35FN4O3S/c1-3-4-5-11-20-40-27-18-16-25(17-19-27)30-29(31(39)41-21-24-12-7-6-8-13-24)23(2)35-32-36-33(37-38(30)32)42-22-26-14-9-10-15-28(26)34/h6-10,12-19,30H,3-5,11,20-22H2,1-2H3,(H,35,36,37). The third-order valence-electron chi connectivity index (χ3n) is 7.04. The van der Waals surface area contributed by atoms with E-state index >= 15 is 0 Å². The number of esters is 1. The molecule has 1 aliphatic rings. The molecule has 1 aliphatic heterocycles. The van der Waals surface area contributed by atoms with Crippen molar-refractivity contribution in [1.29, 1.82) is 0 Å². The van der Waals surface area contributed by atoms with Crippen molar-refractivity contribution in [3.63, 3.8) is 0 Å². The van der Waals surface area contributed by atoms with Crippen LogP contribution >= 0.6 is 11.8 Å². The smallest absolute Gasteiger partial charge is 0.338 e. The van der Waals surface area contributed by atoms with Crippen LogP contribution in [0.1, 0.15) is 62.3 Å². The lowest BCUT2D eigenvalue weighted by Crippen LogP contribution is -2.29. The molecule has 1 unspecified atom stereocenters. The number of hydrogen-bond donors (Lipinski definition) is 1. The fourth-order valence-corrected chi connectivity index (χ4v) is 5.60. The number of halogens is 1. The summed E-state index contributed by atoms with van der Waals surface area (Å²) in [5, 5.41) is 8.46. The largest absolute Gasteiger partial charge is 0.494 e. The fraction of sp³-hybridized carbons (Fsp3) is 0.303. The molecule has 0 spiro atoms. The molecule has 0 bridgehead atoms. The van der Waals surface area contributed by atoms with Crippen LogP contribution in [0, 0.1) is 5.82 Å². The Balaban J connectivity index is 1.39. The van der Waals surface area contributed by atoms with Crippen LogP contribution in [0.25, 0.3) is 0 Å². The number of carbonyl (C=O) groups is 1. The SMILES string of the molecule is CCCCCCOc1ccc(C2C(C(=O)OCc3ccccc3)=C(C)Nc3nc(SCc4ccccc4F)nn32)cc1. The molecule has 3 aromatic carbocycles. The summed E-state index contributed by atoms with van der Waals surface area (Å²) in [5.41, 5.74) is 3.41. The molecule has 4 aromatic rings. The van der Waals surface area contributed by atoms with E-state index in [1.807, 2.05) is 61.5 Å². The number of fused-ring (bicyclic) bond motifs is 1. The third-order valence-corrected chi connectivity index (χ3v) is 7.93. The average Bonchev–Trinajstić information content (AvgIpc) is 3.42. The van der Waals surface area contributed by atoms with Crippen LogP contribution in [-0.4, -0.2) is 27.3 Å². The predicted molar refractivity (Wildman–Crippen MR) is 163 cm³/mol. The van der Waals surface area contributed by atoms with Crippen LogP contribution in [0.15, 0.2) is 95.3 Å². The lowest BCUT2D eigenvalue weighted by Gasteiger charge is -2.28. The minimum absolute atomic E-state index is 0.155. The molecule has 42 heavy (non-hydrogen) atoms. The van der Waals surface area contributed by atoms with Crippen molar-refractivity contribution in [2.75, 3.05) is 11.9 Å². The number of hydrogen-bond acceptors (Lipinski definition) is 7. The highest BCUT2D eigenvalue weighted by molar-refractivity contribution is 7.98. The maximum atomic E-state index is 14.2. The van der Waals surface area contributed by atoms with E-state index in [2.05, 4.69) is 17.2 Å². The van der Waals surface area contributed by atoms with E-state index < -0.39 is 12.0 Å². The van der Waals surface area contributed by atoms with Crippen LogP contribution in [0.4, 0.5) is 10.3 Å². The number of allylic oxidation sites excluding steroid dienone is 1. The topological polar surface area (TPSA) is 78.3 Å². The van der Waals surface area contributed by atoms with Crippen LogP contribution in [-0.2, 0) is 21.9 Å². The zero-order chi connectivity index (χ0) is 29.3. The monoisotopic (exact) mass is 586 g/mol. The summed E-state index contributed by atoms with van der Waals surface area (Å²) in [6, 6.07) is 23.4. The molecule has 5 rings (SSSR count). The highest BCUT2D eigenvalue weighted by Crippen LogP contribution is 2.37. The van der Waals surface area contributed by atoms with Gasteiger partial charge in [0.25, 0.3) is 0 Å². The first-order valence-electron chi connectivity index (χ1n) is 14.3. The predicted octanol–water partition coefficient (Wildman–Crippen LogP) is 7.70. The van der Waals surface area contributed by atoms with Gasteiger partial charge in [0.2, 0.25) is 11.1 Å². The fourth-order valence-electron chi connectivity index (χ4n) is 4.79. The first kappa shape index (κ1) is 29.4. The number of nitrogens with zero attached hydrogens (tertiary/aromatic N) is 3. The minimum atomic E-state index is -0.571. The van der Waals surface area contributed by atoms with Gasteiger partial charge in [-0.1, -0.05) is 98.6 Å². The maximum Gasteiger partial charge on any atom is 0.338 e. The van der Waals surface area contributed by atoms with Crippen LogP contribution in [0.3, 0.4) is 0 Å². The van der Waals surface area contributed by atoms with Gasteiger partial charge in [0.05, 0.1) is 12.2 Å². The molecule has 9 heteroatoms. The molecular formula is C33H35FN4O3S. The summed E-state index contributed by atoms with van der Waals surface area (Å²) in [7, 11) is 0. The third kappa shape index (κ3) is 7.20. The molecule has 0 radical (unpaired) electrons. The van der Waals surface area contributed by atoms with Crippen molar-refractivity contribution in [2.45, 2.75) is 63.1 Å². The lowest BCUT2D eigenvalue weighted by atomic mass is 9.95. The Labute approximate surface area is 250 Å². The van der Waals surface area contributed by atoms with Crippen molar-refractivity contribution < 1.29 is 18.7 Å². The molecule has 1 atom stereocenters. The van der Waals surface area contributed by atoms with Crippen molar-refractivity contribution in [3.8, 4) is 5.75 Å². The number of rotatable bonds is 13. The molecule has 0 saturated carbocycles. The zero-order valence-electron chi connectivity index (χ0n) is 23.9. The molecule has 0 aliphatic carbocycles. The van der Waals surface area contributed by atoms with E-state index in [-0.39, 0.29) is 12.4 Å². The Hall–Kier alpha value is -4.11. The summed E-state index contributed by atoms with van der Waals surface area (Å²) < 4.78 is 27.6. The maximum absolute atomic E-state index is 14.2. The molecule has 1 N–H and O–H groups in total. The lowest BCUT2D eigenvalue weighted by molar-refractivity contribution is -0.140. The quantitative estimate of drug-likeness (QED) is 0.0977. The molecule has 0 saturated heterocycles. The van der Waals surface area contributed by atoms with Crippen LogP contribution in [0.2, 0.25) is 0 Å². The number of aromatic nitrogens is 3. The van der Waals surface area contributed by atoms with E-state index in [1.165, 1.54) is 30.7 Å². The Kier molecular flexibility index (Phi) is 9.92. The molecule has 1 aromatic heterocycles. The summed E-state index contributed by atoms with van der Waals surface area (Å²) in [6.45, 7) is 4.85. The number of benzene rings is 3. The van der Waals surface area contributed by atoms with E-state index in [0.29, 0.717) is 40.3 Å². The molecule has 218 valence electrons. The first-order chi connectivity index (χ1) is 20.5. The summed E-state index contributed by atoms with van der Waals surface area (Å²) >= 11 is 1.34. The van der Waals surface area contributed by atoms with Crippen molar-refractivity contribution >= 4 is 23.7 Å². The second-order valence-electron chi connectivity index (χ2n) is 10.1. The van der Waals surface area contributed by atoms with E-state index in [9.17, 15) is 9.18 Å². The van der Waals surface area contributed by atoms with Gasteiger partial charge in [-0.2, -0.15) is 4.98 Å². The molecule has 2 heterocycles. The van der Waals surface area contributed by atoms with Crippen LogP contribution in [0.5, 0.6) is 5.75 Å². The van der Waals surface area contributed by atoms with Gasteiger partial charge in [-0.25, -0.2) is 13.9 Å². The van der Waals surface area contributed by atoms with Gasteiger partial charge in [-0.15, -0.1) is 5.10 Å². The Morgan fingerprint density at radius 2 is 1.76 bits per heavy atom. The van der Waals surface area contributed by atoms with Crippen molar-refractivity contribution in [2.24, 2.45) is 0 Å². The van der Waals surface area contributed by atoms with Gasteiger partial charge in [0.15, 0.2) is 0 Å². The number of ether oxygens (including phenoxy) is 2. The average molecular weight is 587 g/mol. The molecule has 7 nitrogen and oxygen atoms in total. The van der Waals surface area contributed by atoms with E-state index in [1.54, 1.807) is 22.9 Å². The molecule has 0 amide bonds. The second-order valence-corrected chi connectivity index (χ2v) is 11.1. The molecular weight excluding hydrogens is 551 g/mol. The number of thioether (sulfide) groups is 1. The zero-order valence-corrected chi connectivity index (χ0v) is 24.7. The Bertz CT molecular complexity index is 1520.